The number of rotatable bonds is 7. The molecule has 0 aromatic heterocycles. The minimum Gasteiger partial charge on any atom is -0.493 e. The highest BCUT2D eigenvalue weighted by Gasteiger charge is 2.30. The third kappa shape index (κ3) is 4.67. The lowest BCUT2D eigenvalue weighted by molar-refractivity contribution is 0.235. The zero-order valence-electron chi connectivity index (χ0n) is 20.0. The van der Waals surface area contributed by atoms with Crippen molar-refractivity contribution in [3.05, 3.63) is 113 Å². The predicted molar refractivity (Wildman–Crippen MR) is 136 cm³/mol. The van der Waals surface area contributed by atoms with E-state index in [1.807, 2.05) is 0 Å². The van der Waals surface area contributed by atoms with Gasteiger partial charge >= 0.3 is 0 Å². The Kier molecular flexibility index (Phi) is 6.55. The van der Waals surface area contributed by atoms with Gasteiger partial charge in [-0.2, -0.15) is 0 Å². The van der Waals surface area contributed by atoms with Gasteiger partial charge in [0.1, 0.15) is 5.75 Å². The van der Waals surface area contributed by atoms with Gasteiger partial charge in [0, 0.05) is 16.4 Å². The molecule has 0 heterocycles. The summed E-state index contributed by atoms with van der Waals surface area (Å²) < 4.78 is 6.52. The number of allylic oxidation sites excluding steroid dienone is 2. The van der Waals surface area contributed by atoms with Crippen molar-refractivity contribution in [3.63, 3.8) is 0 Å². The van der Waals surface area contributed by atoms with E-state index in [9.17, 15) is 0 Å². The third-order valence-corrected chi connectivity index (χ3v) is 7.22. The smallest absolute Gasteiger partial charge is 0.123 e. The first kappa shape index (κ1) is 22.4. The van der Waals surface area contributed by atoms with Crippen molar-refractivity contribution in [2.75, 3.05) is 6.61 Å². The number of benzene rings is 3. The summed E-state index contributed by atoms with van der Waals surface area (Å²) in [7, 11) is 0. The first-order valence-electron chi connectivity index (χ1n) is 11.9. The van der Waals surface area contributed by atoms with E-state index in [0.29, 0.717) is 5.92 Å². The second-order valence-corrected chi connectivity index (χ2v) is 10.2. The van der Waals surface area contributed by atoms with Gasteiger partial charge in [0.25, 0.3) is 0 Å². The highest BCUT2D eigenvalue weighted by molar-refractivity contribution is 5.51. The Morgan fingerprint density at radius 1 is 0.719 bits per heavy atom. The molecule has 1 heteroatoms. The van der Waals surface area contributed by atoms with Gasteiger partial charge in [0.05, 0.1) is 6.61 Å². The number of ether oxygens (including phenoxy) is 1. The molecular weight excluding hydrogens is 388 g/mol. The van der Waals surface area contributed by atoms with Gasteiger partial charge in [-0.05, 0) is 47.9 Å². The SMILES string of the molecule is CC(C)(c1ccccc1)c1ccc(OCC2CC=CCC2)c(C(C)(C)c2ccccc2)c1. The highest BCUT2D eigenvalue weighted by Crippen LogP contribution is 2.41. The maximum Gasteiger partial charge on any atom is 0.123 e. The van der Waals surface area contributed by atoms with E-state index in [2.05, 4.69) is 119 Å². The zero-order valence-corrected chi connectivity index (χ0v) is 20.0. The molecule has 0 saturated heterocycles. The highest BCUT2D eigenvalue weighted by atomic mass is 16.5. The van der Waals surface area contributed by atoms with Gasteiger partial charge < -0.3 is 4.74 Å². The molecule has 3 aromatic carbocycles. The quantitative estimate of drug-likeness (QED) is 0.348. The largest absolute Gasteiger partial charge is 0.493 e. The standard InChI is InChI=1S/C31H36O/c1-30(2,25-16-10-6-11-17-25)27-20-21-29(32-23-24-14-8-5-9-15-24)28(22-27)31(3,4)26-18-12-7-13-19-26/h5-8,10-13,16-22,24H,9,14-15,23H2,1-4H3. The molecule has 1 unspecified atom stereocenters. The molecule has 0 saturated carbocycles. The minimum atomic E-state index is -0.161. The Balaban J connectivity index is 1.74. The number of hydrogen-bond donors (Lipinski definition) is 0. The summed E-state index contributed by atoms with van der Waals surface area (Å²) in [5.74, 6) is 1.62. The topological polar surface area (TPSA) is 9.23 Å². The summed E-state index contributed by atoms with van der Waals surface area (Å²) in [5.41, 5.74) is 4.96. The van der Waals surface area contributed by atoms with Gasteiger partial charge in [-0.25, -0.2) is 0 Å². The molecule has 166 valence electrons. The third-order valence-electron chi connectivity index (χ3n) is 7.22. The molecule has 0 fully saturated rings. The average molecular weight is 425 g/mol. The second kappa shape index (κ2) is 9.36. The first-order chi connectivity index (χ1) is 15.4. The maximum absolute atomic E-state index is 6.52. The van der Waals surface area contributed by atoms with Crippen molar-refractivity contribution in [1.29, 1.82) is 0 Å². The predicted octanol–water partition coefficient (Wildman–Crippen LogP) is 8.07. The summed E-state index contributed by atoms with van der Waals surface area (Å²) in [4.78, 5) is 0. The van der Waals surface area contributed by atoms with Crippen molar-refractivity contribution in [1.82, 2.24) is 0 Å². The average Bonchev–Trinajstić information content (AvgIpc) is 2.84. The monoisotopic (exact) mass is 424 g/mol. The van der Waals surface area contributed by atoms with Crippen LogP contribution >= 0.6 is 0 Å². The molecule has 1 aliphatic rings. The summed E-state index contributed by atoms with van der Waals surface area (Å²) in [6, 6.07) is 28.4. The summed E-state index contributed by atoms with van der Waals surface area (Å²) >= 11 is 0. The molecule has 0 N–H and O–H groups in total. The van der Waals surface area contributed by atoms with E-state index in [-0.39, 0.29) is 10.8 Å². The Hall–Kier alpha value is -2.80. The van der Waals surface area contributed by atoms with Crippen molar-refractivity contribution in [3.8, 4) is 5.75 Å². The zero-order chi connectivity index (χ0) is 22.6. The van der Waals surface area contributed by atoms with Crippen LogP contribution in [-0.2, 0) is 10.8 Å². The van der Waals surface area contributed by atoms with Gasteiger partial charge in [0.2, 0.25) is 0 Å². The van der Waals surface area contributed by atoms with Crippen LogP contribution in [0.1, 0.15) is 69.2 Å². The van der Waals surface area contributed by atoms with Gasteiger partial charge in [-0.3, -0.25) is 0 Å². The Morgan fingerprint density at radius 3 is 1.94 bits per heavy atom. The lowest BCUT2D eigenvalue weighted by Gasteiger charge is -2.32. The summed E-state index contributed by atoms with van der Waals surface area (Å²) in [5, 5.41) is 0. The van der Waals surface area contributed by atoms with Crippen LogP contribution in [0.3, 0.4) is 0 Å². The molecule has 0 amide bonds. The number of hydrogen-bond acceptors (Lipinski definition) is 1. The molecule has 32 heavy (non-hydrogen) atoms. The molecule has 0 radical (unpaired) electrons. The fourth-order valence-electron chi connectivity index (χ4n) is 4.78. The van der Waals surface area contributed by atoms with Crippen molar-refractivity contribution < 1.29 is 4.74 Å². The fourth-order valence-corrected chi connectivity index (χ4v) is 4.78. The van der Waals surface area contributed by atoms with Crippen molar-refractivity contribution >= 4 is 0 Å². The molecule has 1 atom stereocenters. The Labute approximate surface area is 194 Å². The lowest BCUT2D eigenvalue weighted by atomic mass is 9.73. The van der Waals surface area contributed by atoms with Crippen LogP contribution in [0.25, 0.3) is 0 Å². The van der Waals surface area contributed by atoms with Crippen molar-refractivity contribution in [2.45, 2.75) is 57.8 Å². The molecule has 3 aromatic rings. The molecule has 0 bridgehead atoms. The molecule has 4 rings (SSSR count). The lowest BCUT2D eigenvalue weighted by Crippen LogP contribution is -2.24. The van der Waals surface area contributed by atoms with Crippen LogP contribution in [0.5, 0.6) is 5.75 Å². The molecular formula is C31H36O. The molecule has 1 aliphatic carbocycles. The van der Waals surface area contributed by atoms with E-state index < -0.39 is 0 Å². The second-order valence-electron chi connectivity index (χ2n) is 10.2. The maximum atomic E-state index is 6.52. The van der Waals surface area contributed by atoms with E-state index >= 15 is 0 Å². The van der Waals surface area contributed by atoms with Crippen LogP contribution in [0.2, 0.25) is 0 Å². The van der Waals surface area contributed by atoms with Gasteiger partial charge in [-0.15, -0.1) is 0 Å². The van der Waals surface area contributed by atoms with Gasteiger partial charge in [0.15, 0.2) is 0 Å². The van der Waals surface area contributed by atoms with Crippen LogP contribution in [0, 0.1) is 5.92 Å². The van der Waals surface area contributed by atoms with E-state index in [1.54, 1.807) is 0 Å². The van der Waals surface area contributed by atoms with E-state index in [4.69, 9.17) is 4.74 Å². The first-order valence-corrected chi connectivity index (χ1v) is 11.9. The molecule has 1 nitrogen and oxygen atoms in total. The normalized spacial score (nSPS) is 16.7. The van der Waals surface area contributed by atoms with Crippen LogP contribution in [0.15, 0.2) is 91.0 Å². The van der Waals surface area contributed by atoms with Crippen molar-refractivity contribution in [2.24, 2.45) is 5.92 Å². The Bertz CT molecular complexity index is 1040. The molecule has 0 aliphatic heterocycles. The van der Waals surface area contributed by atoms with Crippen LogP contribution in [0.4, 0.5) is 0 Å². The van der Waals surface area contributed by atoms with Crippen LogP contribution in [-0.4, -0.2) is 6.61 Å². The van der Waals surface area contributed by atoms with E-state index in [1.165, 1.54) is 35.1 Å². The van der Waals surface area contributed by atoms with Gasteiger partial charge in [-0.1, -0.05) is 113 Å². The summed E-state index contributed by atoms with van der Waals surface area (Å²) in [6.07, 6.45) is 8.10. The van der Waals surface area contributed by atoms with Crippen LogP contribution < -0.4 is 4.74 Å². The summed E-state index contributed by atoms with van der Waals surface area (Å²) in [6.45, 7) is 10.0. The minimum absolute atomic E-state index is 0.0878. The fraction of sp³-hybridized carbons (Fsp3) is 0.355. The molecule has 0 spiro atoms. The van der Waals surface area contributed by atoms with E-state index in [0.717, 1.165) is 18.8 Å². The Morgan fingerprint density at radius 2 is 1.34 bits per heavy atom.